The highest BCUT2D eigenvalue weighted by Crippen LogP contribution is 2.14. The lowest BCUT2D eigenvalue weighted by Gasteiger charge is -2.27. The molecule has 1 unspecified atom stereocenters. The fourth-order valence-electron chi connectivity index (χ4n) is 3.26. The fraction of sp³-hybridized carbons (Fsp3) is 0.286. The van der Waals surface area contributed by atoms with Crippen LogP contribution in [0.5, 0.6) is 0 Å². The van der Waals surface area contributed by atoms with Crippen molar-refractivity contribution in [1.82, 2.24) is 9.78 Å². The summed E-state index contributed by atoms with van der Waals surface area (Å²) in [5.41, 5.74) is 2.27. The second-order valence-corrected chi connectivity index (χ2v) is 6.62. The van der Waals surface area contributed by atoms with Gasteiger partial charge in [-0.3, -0.25) is 0 Å². The monoisotopic (exact) mass is 349 g/mol. The SMILES string of the molecule is Cc1ccc(-n2nc(N3C=COC(CO)C3)c3c2=CCCC=CC=3)cc1. The maximum atomic E-state index is 9.45. The highest BCUT2D eigenvalue weighted by Gasteiger charge is 2.21. The van der Waals surface area contributed by atoms with Crippen LogP contribution in [-0.2, 0) is 4.74 Å². The van der Waals surface area contributed by atoms with Gasteiger partial charge in [-0.25, -0.2) is 4.68 Å². The van der Waals surface area contributed by atoms with Crippen molar-refractivity contribution < 1.29 is 9.84 Å². The van der Waals surface area contributed by atoms with Crippen molar-refractivity contribution in [1.29, 1.82) is 0 Å². The van der Waals surface area contributed by atoms with E-state index in [1.165, 1.54) is 5.56 Å². The normalized spacial score (nSPS) is 19.0. The molecule has 134 valence electrons. The topological polar surface area (TPSA) is 50.5 Å². The van der Waals surface area contributed by atoms with E-state index in [1.54, 1.807) is 6.26 Å². The van der Waals surface area contributed by atoms with Crippen LogP contribution in [0.4, 0.5) is 5.82 Å². The van der Waals surface area contributed by atoms with Gasteiger partial charge in [0.15, 0.2) is 5.82 Å². The average Bonchev–Trinajstić information content (AvgIpc) is 2.99. The summed E-state index contributed by atoms with van der Waals surface area (Å²) in [7, 11) is 0. The molecule has 0 fully saturated rings. The maximum Gasteiger partial charge on any atom is 0.163 e. The molecule has 2 aromatic rings. The summed E-state index contributed by atoms with van der Waals surface area (Å²) >= 11 is 0. The van der Waals surface area contributed by atoms with Crippen LogP contribution in [0.1, 0.15) is 18.4 Å². The summed E-state index contributed by atoms with van der Waals surface area (Å²) in [4.78, 5) is 2.05. The summed E-state index contributed by atoms with van der Waals surface area (Å²) in [5, 5.41) is 16.6. The molecule has 0 saturated carbocycles. The van der Waals surface area contributed by atoms with Gasteiger partial charge in [-0.05, 0) is 38.0 Å². The standard InChI is InChI=1S/C21H23N3O2/c1-16-8-10-17(11-9-16)24-20-7-5-3-2-4-6-19(20)21(22-24)23-12-13-26-18(14-23)15-25/h2,4,6-13,18,25H,3,5,14-15H2,1H3. The summed E-state index contributed by atoms with van der Waals surface area (Å²) in [6, 6.07) is 8.40. The molecule has 0 radical (unpaired) electrons. The van der Waals surface area contributed by atoms with Crippen molar-refractivity contribution in [2.75, 3.05) is 18.1 Å². The first-order valence-electron chi connectivity index (χ1n) is 8.99. The van der Waals surface area contributed by atoms with E-state index in [4.69, 9.17) is 9.84 Å². The molecule has 1 atom stereocenters. The second-order valence-electron chi connectivity index (χ2n) is 6.62. The molecule has 2 heterocycles. The van der Waals surface area contributed by atoms with Gasteiger partial charge in [0.2, 0.25) is 0 Å². The van der Waals surface area contributed by atoms with Crippen LogP contribution >= 0.6 is 0 Å². The molecule has 0 amide bonds. The molecule has 1 aliphatic heterocycles. The predicted octanol–water partition coefficient (Wildman–Crippen LogP) is 1.76. The van der Waals surface area contributed by atoms with Crippen LogP contribution in [-0.4, -0.2) is 34.1 Å². The number of fused-ring (bicyclic) bond motifs is 1. The van der Waals surface area contributed by atoms with Crippen molar-refractivity contribution in [3.63, 3.8) is 0 Å². The molecule has 2 aliphatic rings. The van der Waals surface area contributed by atoms with Crippen LogP contribution in [0.25, 0.3) is 17.8 Å². The van der Waals surface area contributed by atoms with E-state index in [9.17, 15) is 5.11 Å². The number of hydrogen-bond acceptors (Lipinski definition) is 4. The van der Waals surface area contributed by atoms with Gasteiger partial charge in [-0.1, -0.05) is 35.9 Å². The van der Waals surface area contributed by atoms with Crippen molar-refractivity contribution in [3.05, 3.63) is 65.0 Å². The van der Waals surface area contributed by atoms with E-state index >= 15 is 0 Å². The lowest BCUT2D eigenvalue weighted by molar-refractivity contribution is 0.0759. The van der Waals surface area contributed by atoms with Crippen molar-refractivity contribution in [2.45, 2.75) is 25.9 Å². The van der Waals surface area contributed by atoms with Gasteiger partial charge in [0.05, 0.1) is 30.5 Å². The van der Waals surface area contributed by atoms with Gasteiger partial charge in [0, 0.05) is 11.4 Å². The number of benzene rings is 1. The first-order chi connectivity index (χ1) is 12.8. The van der Waals surface area contributed by atoms with Gasteiger partial charge >= 0.3 is 0 Å². The van der Waals surface area contributed by atoms with Crippen LogP contribution in [0.15, 0.2) is 48.9 Å². The smallest absolute Gasteiger partial charge is 0.163 e. The number of rotatable bonds is 3. The number of aliphatic hydroxyl groups is 1. The Labute approximate surface area is 152 Å². The minimum atomic E-state index is -0.242. The molecule has 26 heavy (non-hydrogen) atoms. The molecule has 1 aliphatic carbocycles. The van der Waals surface area contributed by atoms with E-state index in [0.29, 0.717) is 6.54 Å². The average molecular weight is 349 g/mol. The highest BCUT2D eigenvalue weighted by molar-refractivity contribution is 5.55. The van der Waals surface area contributed by atoms with E-state index in [1.807, 2.05) is 15.8 Å². The van der Waals surface area contributed by atoms with Crippen molar-refractivity contribution in [2.24, 2.45) is 0 Å². The molecule has 1 N–H and O–H groups in total. The zero-order valence-corrected chi connectivity index (χ0v) is 14.9. The van der Waals surface area contributed by atoms with Gasteiger partial charge in [-0.2, -0.15) is 0 Å². The molecular weight excluding hydrogens is 326 g/mol. The zero-order chi connectivity index (χ0) is 17.9. The minimum Gasteiger partial charge on any atom is -0.492 e. The number of hydrogen-bond donors (Lipinski definition) is 1. The van der Waals surface area contributed by atoms with E-state index < -0.39 is 0 Å². The summed E-state index contributed by atoms with van der Waals surface area (Å²) < 4.78 is 7.44. The third kappa shape index (κ3) is 3.18. The Bertz CT molecular complexity index is 954. The van der Waals surface area contributed by atoms with Gasteiger partial charge in [0.1, 0.15) is 6.10 Å². The number of ether oxygens (including phenoxy) is 1. The molecule has 1 aromatic carbocycles. The number of aryl methyl sites for hydroxylation is 1. The molecule has 5 nitrogen and oxygen atoms in total. The molecule has 1 aromatic heterocycles. The summed E-state index contributed by atoms with van der Waals surface area (Å²) in [6.07, 6.45) is 13.9. The Morgan fingerprint density at radius 3 is 2.88 bits per heavy atom. The minimum absolute atomic E-state index is 0.0164. The second kappa shape index (κ2) is 7.22. The number of aliphatic hydroxyl groups excluding tert-OH is 1. The number of aromatic nitrogens is 2. The summed E-state index contributed by atoms with van der Waals surface area (Å²) in [6.45, 7) is 2.64. The molecule has 0 spiro atoms. The molecule has 0 saturated heterocycles. The molecule has 5 heteroatoms. The van der Waals surface area contributed by atoms with Gasteiger partial charge in [-0.15, -0.1) is 5.10 Å². The summed E-state index contributed by atoms with van der Waals surface area (Å²) in [5.74, 6) is 0.876. The first kappa shape index (κ1) is 16.7. The van der Waals surface area contributed by atoms with Crippen LogP contribution in [0, 0.1) is 6.92 Å². The molecular formula is C21H23N3O2. The van der Waals surface area contributed by atoms with Crippen molar-refractivity contribution in [3.8, 4) is 5.69 Å². The van der Waals surface area contributed by atoms with Gasteiger partial charge < -0.3 is 14.7 Å². The van der Waals surface area contributed by atoms with E-state index in [2.05, 4.69) is 55.5 Å². The third-order valence-electron chi connectivity index (χ3n) is 4.68. The maximum absolute atomic E-state index is 9.45. The quantitative estimate of drug-likeness (QED) is 0.917. The number of nitrogens with zero attached hydrogens (tertiary/aromatic N) is 3. The Balaban J connectivity index is 1.89. The Morgan fingerprint density at radius 2 is 2.08 bits per heavy atom. The van der Waals surface area contributed by atoms with Gasteiger partial charge in [0.25, 0.3) is 0 Å². The lowest BCUT2D eigenvalue weighted by atomic mass is 10.2. The Morgan fingerprint density at radius 1 is 1.23 bits per heavy atom. The largest absolute Gasteiger partial charge is 0.492 e. The number of anilines is 1. The fourth-order valence-corrected chi connectivity index (χ4v) is 3.26. The highest BCUT2D eigenvalue weighted by atomic mass is 16.5. The molecule has 0 bridgehead atoms. The van der Waals surface area contributed by atoms with E-state index in [-0.39, 0.29) is 12.7 Å². The Kier molecular flexibility index (Phi) is 4.63. The zero-order valence-electron chi connectivity index (χ0n) is 14.9. The lowest BCUT2D eigenvalue weighted by Crippen LogP contribution is -2.38. The third-order valence-corrected chi connectivity index (χ3v) is 4.68. The van der Waals surface area contributed by atoms with Crippen LogP contribution in [0.3, 0.4) is 0 Å². The number of allylic oxidation sites excluding steroid dienone is 2. The van der Waals surface area contributed by atoms with E-state index in [0.717, 1.165) is 34.9 Å². The van der Waals surface area contributed by atoms with Crippen molar-refractivity contribution >= 4 is 18.0 Å². The molecule has 4 rings (SSSR count). The predicted molar refractivity (Wildman–Crippen MR) is 103 cm³/mol. The first-order valence-corrected chi connectivity index (χ1v) is 8.99. The Hall–Kier alpha value is -2.79. The van der Waals surface area contributed by atoms with Crippen LogP contribution < -0.4 is 15.5 Å². The van der Waals surface area contributed by atoms with Crippen LogP contribution in [0.2, 0.25) is 0 Å².